The van der Waals surface area contributed by atoms with Crippen molar-refractivity contribution in [1.82, 2.24) is 9.97 Å². The average Bonchev–Trinajstić information content (AvgIpc) is 2.38. The van der Waals surface area contributed by atoms with Crippen LogP contribution in [0.1, 0.15) is 29.9 Å². The van der Waals surface area contributed by atoms with Crippen LogP contribution in [0.25, 0.3) is 0 Å². The quantitative estimate of drug-likeness (QED) is 0.917. The maximum Gasteiger partial charge on any atom is 0.224 e. The zero-order valence-corrected chi connectivity index (χ0v) is 10.7. The van der Waals surface area contributed by atoms with Crippen LogP contribution in [-0.4, -0.2) is 9.97 Å². The van der Waals surface area contributed by atoms with E-state index in [0.29, 0.717) is 11.6 Å². The van der Waals surface area contributed by atoms with E-state index in [1.54, 1.807) is 25.1 Å². The molecule has 0 fully saturated rings. The normalized spacial score (nSPS) is 11.7. The number of aryl methyl sites for hydroxylation is 1. The van der Waals surface area contributed by atoms with Crippen molar-refractivity contribution in [2.45, 2.75) is 19.9 Å². The van der Waals surface area contributed by atoms with E-state index in [2.05, 4.69) is 15.3 Å². The van der Waals surface area contributed by atoms with Gasteiger partial charge in [-0.15, -0.1) is 0 Å². The Labute approximate surface area is 110 Å². The zero-order valence-electron chi connectivity index (χ0n) is 10.7. The van der Waals surface area contributed by atoms with E-state index in [4.69, 9.17) is 5.26 Å². The minimum Gasteiger partial charge on any atom is -0.348 e. The molecule has 2 aromatic rings. The van der Waals surface area contributed by atoms with E-state index in [9.17, 15) is 4.39 Å². The summed E-state index contributed by atoms with van der Waals surface area (Å²) in [6.07, 6.45) is 0. The van der Waals surface area contributed by atoms with Gasteiger partial charge in [-0.3, -0.25) is 0 Å². The lowest BCUT2D eigenvalue weighted by Gasteiger charge is -2.14. The van der Waals surface area contributed by atoms with E-state index in [-0.39, 0.29) is 11.9 Å². The third-order valence-corrected chi connectivity index (χ3v) is 2.68. The van der Waals surface area contributed by atoms with Gasteiger partial charge in [0.05, 0.1) is 6.04 Å². The average molecular weight is 256 g/mol. The third-order valence-electron chi connectivity index (χ3n) is 2.68. The van der Waals surface area contributed by atoms with Crippen LogP contribution < -0.4 is 5.32 Å². The van der Waals surface area contributed by atoms with Gasteiger partial charge in [-0.25, -0.2) is 14.4 Å². The second-order valence-electron chi connectivity index (χ2n) is 4.25. The highest BCUT2D eigenvalue weighted by molar-refractivity contribution is 5.36. The molecule has 0 aliphatic rings. The van der Waals surface area contributed by atoms with E-state index >= 15 is 0 Å². The SMILES string of the molecule is Cc1cc(C#N)nc(NC(C)c2ccc(F)cc2)n1. The van der Waals surface area contributed by atoms with Crippen LogP contribution in [0.3, 0.4) is 0 Å². The molecule has 0 bridgehead atoms. The molecule has 96 valence electrons. The van der Waals surface area contributed by atoms with Gasteiger partial charge >= 0.3 is 0 Å². The van der Waals surface area contributed by atoms with Crippen LogP contribution in [0.2, 0.25) is 0 Å². The molecular formula is C14H13FN4. The molecule has 5 heteroatoms. The number of nitriles is 1. The number of rotatable bonds is 3. The van der Waals surface area contributed by atoms with Crippen molar-refractivity contribution in [3.63, 3.8) is 0 Å². The van der Waals surface area contributed by atoms with Gasteiger partial charge in [0.25, 0.3) is 0 Å². The summed E-state index contributed by atoms with van der Waals surface area (Å²) in [5.74, 6) is 0.128. The second-order valence-corrected chi connectivity index (χ2v) is 4.25. The topological polar surface area (TPSA) is 61.6 Å². The minimum absolute atomic E-state index is 0.0751. The van der Waals surface area contributed by atoms with Crippen molar-refractivity contribution in [1.29, 1.82) is 5.26 Å². The molecule has 0 saturated heterocycles. The molecule has 0 saturated carbocycles. The van der Waals surface area contributed by atoms with E-state index < -0.39 is 0 Å². The maximum atomic E-state index is 12.8. The molecule has 0 spiro atoms. The van der Waals surface area contributed by atoms with Crippen LogP contribution in [0.5, 0.6) is 0 Å². The van der Waals surface area contributed by atoms with Crippen molar-refractivity contribution in [3.05, 3.63) is 53.1 Å². The number of hydrogen-bond acceptors (Lipinski definition) is 4. The Balaban J connectivity index is 2.19. The first kappa shape index (κ1) is 13.0. The number of halogens is 1. The molecule has 0 amide bonds. The largest absolute Gasteiger partial charge is 0.348 e. The minimum atomic E-state index is -0.269. The summed E-state index contributed by atoms with van der Waals surface area (Å²) < 4.78 is 12.8. The van der Waals surface area contributed by atoms with Crippen LogP contribution >= 0.6 is 0 Å². The van der Waals surface area contributed by atoms with Crippen molar-refractivity contribution in [2.75, 3.05) is 5.32 Å². The lowest BCUT2D eigenvalue weighted by Crippen LogP contribution is -2.10. The summed E-state index contributed by atoms with van der Waals surface area (Å²) in [6.45, 7) is 3.72. The van der Waals surface area contributed by atoms with Gasteiger partial charge < -0.3 is 5.32 Å². The molecule has 1 aromatic heterocycles. The van der Waals surface area contributed by atoms with Crippen LogP contribution in [0.15, 0.2) is 30.3 Å². The van der Waals surface area contributed by atoms with Gasteiger partial charge in [0.15, 0.2) is 0 Å². The fraction of sp³-hybridized carbons (Fsp3) is 0.214. The number of hydrogen-bond donors (Lipinski definition) is 1. The fourth-order valence-corrected chi connectivity index (χ4v) is 1.72. The predicted octanol–water partition coefficient (Wildman–Crippen LogP) is 2.97. The highest BCUT2D eigenvalue weighted by Crippen LogP contribution is 2.17. The number of benzene rings is 1. The second kappa shape index (κ2) is 5.44. The number of aromatic nitrogens is 2. The third kappa shape index (κ3) is 3.26. The lowest BCUT2D eigenvalue weighted by atomic mass is 10.1. The molecule has 1 aromatic carbocycles. The Bertz CT molecular complexity index is 616. The Morgan fingerprint density at radius 1 is 1.26 bits per heavy atom. The summed E-state index contributed by atoms with van der Waals surface area (Å²) in [5.41, 5.74) is 1.96. The molecule has 0 aliphatic carbocycles. The summed E-state index contributed by atoms with van der Waals surface area (Å²) >= 11 is 0. The van der Waals surface area contributed by atoms with E-state index in [1.165, 1.54) is 12.1 Å². The lowest BCUT2D eigenvalue weighted by molar-refractivity contribution is 0.626. The van der Waals surface area contributed by atoms with E-state index in [1.807, 2.05) is 13.0 Å². The molecule has 0 aliphatic heterocycles. The molecule has 1 heterocycles. The maximum absolute atomic E-state index is 12.8. The summed E-state index contributed by atoms with van der Waals surface area (Å²) in [5, 5.41) is 12.0. The Hall–Kier alpha value is -2.48. The zero-order chi connectivity index (χ0) is 13.8. The highest BCUT2D eigenvalue weighted by Gasteiger charge is 2.08. The molecule has 19 heavy (non-hydrogen) atoms. The smallest absolute Gasteiger partial charge is 0.224 e. The van der Waals surface area contributed by atoms with Gasteiger partial charge in [-0.1, -0.05) is 12.1 Å². The first-order valence-electron chi connectivity index (χ1n) is 5.86. The van der Waals surface area contributed by atoms with Gasteiger partial charge in [0.2, 0.25) is 5.95 Å². The summed E-state index contributed by atoms with van der Waals surface area (Å²) in [4.78, 5) is 8.30. The van der Waals surface area contributed by atoms with Gasteiger partial charge in [-0.05, 0) is 37.6 Å². The summed E-state index contributed by atoms with van der Waals surface area (Å²) in [6, 6.07) is 9.75. The van der Waals surface area contributed by atoms with Crippen molar-refractivity contribution < 1.29 is 4.39 Å². The van der Waals surface area contributed by atoms with Crippen molar-refractivity contribution in [3.8, 4) is 6.07 Å². The van der Waals surface area contributed by atoms with Crippen LogP contribution in [-0.2, 0) is 0 Å². The number of nitrogens with zero attached hydrogens (tertiary/aromatic N) is 3. The van der Waals surface area contributed by atoms with Crippen LogP contribution in [0, 0.1) is 24.1 Å². The first-order valence-corrected chi connectivity index (χ1v) is 5.86. The predicted molar refractivity (Wildman–Crippen MR) is 69.9 cm³/mol. The van der Waals surface area contributed by atoms with Gasteiger partial charge in [0, 0.05) is 5.69 Å². The molecule has 1 atom stereocenters. The standard InChI is InChI=1S/C14H13FN4/c1-9-7-13(8-16)19-14(17-9)18-10(2)11-3-5-12(15)6-4-11/h3-7,10H,1-2H3,(H,17,18,19). The Morgan fingerprint density at radius 2 is 1.95 bits per heavy atom. The number of nitrogens with one attached hydrogen (secondary N) is 1. The van der Waals surface area contributed by atoms with E-state index in [0.717, 1.165) is 11.3 Å². The monoisotopic (exact) mass is 256 g/mol. The number of anilines is 1. The molecule has 0 radical (unpaired) electrons. The Morgan fingerprint density at radius 3 is 2.58 bits per heavy atom. The van der Waals surface area contributed by atoms with Crippen LogP contribution in [0.4, 0.5) is 10.3 Å². The molecule has 2 rings (SSSR count). The first-order chi connectivity index (χ1) is 9.08. The van der Waals surface area contributed by atoms with Crippen molar-refractivity contribution >= 4 is 5.95 Å². The van der Waals surface area contributed by atoms with Gasteiger partial charge in [-0.2, -0.15) is 5.26 Å². The molecule has 1 unspecified atom stereocenters. The van der Waals surface area contributed by atoms with Crippen molar-refractivity contribution in [2.24, 2.45) is 0 Å². The van der Waals surface area contributed by atoms with Gasteiger partial charge in [0.1, 0.15) is 17.6 Å². The highest BCUT2D eigenvalue weighted by atomic mass is 19.1. The molecular weight excluding hydrogens is 243 g/mol. The fourth-order valence-electron chi connectivity index (χ4n) is 1.72. The Kier molecular flexibility index (Phi) is 3.71. The summed E-state index contributed by atoms with van der Waals surface area (Å²) in [7, 11) is 0. The molecule has 4 nitrogen and oxygen atoms in total. The molecule has 1 N–H and O–H groups in total.